The van der Waals surface area contributed by atoms with Crippen LogP contribution in [0.5, 0.6) is 0 Å². The Kier molecular flexibility index (Phi) is 2.32. The van der Waals surface area contributed by atoms with Gasteiger partial charge in [-0.1, -0.05) is 11.6 Å². The fraction of sp³-hybridized carbons (Fsp3) is 0.125. The summed E-state index contributed by atoms with van der Waals surface area (Å²) in [6, 6.07) is 0. The molecule has 6 heteroatoms. The normalized spacial score (nSPS) is 10.1. The molecule has 0 amide bonds. The van der Waals surface area contributed by atoms with Crippen molar-refractivity contribution >= 4 is 23.1 Å². The Morgan fingerprint density at radius 2 is 2.29 bits per heavy atom. The monoisotopic (exact) mass is 209 g/mol. The second-order valence-corrected chi connectivity index (χ2v) is 3.15. The second-order valence-electron chi connectivity index (χ2n) is 2.75. The van der Waals surface area contributed by atoms with Crippen LogP contribution in [0.25, 0.3) is 0 Å². The highest BCUT2D eigenvalue weighted by Gasteiger charge is 2.02. The summed E-state index contributed by atoms with van der Waals surface area (Å²) >= 11 is 5.87. The van der Waals surface area contributed by atoms with Crippen LogP contribution in [0.1, 0.15) is 0 Å². The molecule has 5 nitrogen and oxygen atoms in total. The van der Waals surface area contributed by atoms with Crippen molar-refractivity contribution in [1.29, 1.82) is 0 Å². The lowest BCUT2D eigenvalue weighted by atomic mass is 10.5. The Labute approximate surface area is 85.8 Å². The van der Waals surface area contributed by atoms with E-state index >= 15 is 0 Å². The number of rotatable bonds is 2. The van der Waals surface area contributed by atoms with Crippen LogP contribution in [0.3, 0.4) is 0 Å². The number of aryl methyl sites for hydroxylation is 1. The van der Waals surface area contributed by atoms with Gasteiger partial charge in [0.15, 0.2) is 5.82 Å². The third-order valence-corrected chi connectivity index (χ3v) is 1.91. The smallest absolute Gasteiger partial charge is 0.152 e. The lowest BCUT2D eigenvalue weighted by Crippen LogP contribution is -1.93. The van der Waals surface area contributed by atoms with Crippen LogP contribution in [0.15, 0.2) is 24.9 Å². The molecule has 2 heterocycles. The molecule has 0 bridgehead atoms. The first-order valence-corrected chi connectivity index (χ1v) is 4.34. The lowest BCUT2D eigenvalue weighted by Gasteiger charge is -2.02. The van der Waals surface area contributed by atoms with Crippen LogP contribution in [0, 0.1) is 0 Å². The minimum absolute atomic E-state index is 0.483. The van der Waals surface area contributed by atoms with Crippen molar-refractivity contribution < 1.29 is 0 Å². The van der Waals surface area contributed by atoms with Gasteiger partial charge in [-0.3, -0.25) is 4.68 Å². The molecule has 0 unspecified atom stereocenters. The Hall–Kier alpha value is -1.62. The van der Waals surface area contributed by atoms with Gasteiger partial charge in [0.2, 0.25) is 0 Å². The van der Waals surface area contributed by atoms with E-state index in [9.17, 15) is 0 Å². The Bertz CT molecular complexity index is 439. The quantitative estimate of drug-likeness (QED) is 0.817. The number of hydrogen-bond donors (Lipinski definition) is 1. The molecule has 2 aromatic rings. The molecule has 0 spiro atoms. The molecule has 0 atom stereocenters. The summed E-state index contributed by atoms with van der Waals surface area (Å²) in [4.78, 5) is 7.78. The summed E-state index contributed by atoms with van der Waals surface area (Å²) < 4.78 is 1.69. The molecule has 2 rings (SSSR count). The van der Waals surface area contributed by atoms with Crippen LogP contribution in [-0.2, 0) is 7.05 Å². The van der Waals surface area contributed by atoms with Crippen molar-refractivity contribution in [2.24, 2.45) is 7.05 Å². The highest BCUT2D eigenvalue weighted by molar-refractivity contribution is 6.32. The second kappa shape index (κ2) is 3.63. The first kappa shape index (κ1) is 8.96. The van der Waals surface area contributed by atoms with Crippen LogP contribution in [-0.4, -0.2) is 19.7 Å². The molecule has 0 aliphatic carbocycles. The number of halogens is 1. The Balaban J connectivity index is 2.23. The molecule has 0 aliphatic heterocycles. The van der Waals surface area contributed by atoms with Crippen molar-refractivity contribution in [1.82, 2.24) is 19.7 Å². The van der Waals surface area contributed by atoms with E-state index in [-0.39, 0.29) is 0 Å². The molecule has 0 radical (unpaired) electrons. The SMILES string of the molecule is Cn1cc(Nc2ncncc2Cl)cn1. The number of anilines is 2. The Morgan fingerprint density at radius 1 is 1.43 bits per heavy atom. The molecule has 0 fully saturated rings. The van der Waals surface area contributed by atoms with E-state index in [2.05, 4.69) is 20.4 Å². The van der Waals surface area contributed by atoms with Gasteiger partial charge in [0.05, 0.1) is 18.1 Å². The van der Waals surface area contributed by atoms with E-state index < -0.39 is 0 Å². The summed E-state index contributed by atoms with van der Waals surface area (Å²) in [7, 11) is 1.84. The molecule has 0 aromatic carbocycles. The lowest BCUT2D eigenvalue weighted by molar-refractivity contribution is 0.768. The number of nitrogens with one attached hydrogen (secondary N) is 1. The first-order chi connectivity index (χ1) is 6.75. The van der Waals surface area contributed by atoms with E-state index in [0.717, 1.165) is 5.69 Å². The summed E-state index contributed by atoms with van der Waals surface area (Å²) in [5.74, 6) is 0.578. The van der Waals surface area contributed by atoms with E-state index in [0.29, 0.717) is 10.8 Å². The fourth-order valence-corrected chi connectivity index (χ4v) is 1.18. The van der Waals surface area contributed by atoms with Gasteiger partial charge in [-0.15, -0.1) is 0 Å². The van der Waals surface area contributed by atoms with Crippen molar-refractivity contribution in [2.75, 3.05) is 5.32 Å². The molecule has 14 heavy (non-hydrogen) atoms. The highest BCUT2D eigenvalue weighted by Crippen LogP contribution is 2.20. The van der Waals surface area contributed by atoms with Gasteiger partial charge in [0.25, 0.3) is 0 Å². The molecule has 1 N–H and O–H groups in total. The maximum absolute atomic E-state index is 5.87. The average molecular weight is 210 g/mol. The summed E-state index contributed by atoms with van der Waals surface area (Å²) in [5, 5.41) is 7.52. The van der Waals surface area contributed by atoms with Crippen molar-refractivity contribution in [3.8, 4) is 0 Å². The zero-order valence-electron chi connectivity index (χ0n) is 7.48. The number of nitrogens with zero attached hydrogens (tertiary/aromatic N) is 4. The van der Waals surface area contributed by atoms with Crippen LogP contribution < -0.4 is 5.32 Å². The molecular weight excluding hydrogens is 202 g/mol. The first-order valence-electron chi connectivity index (χ1n) is 3.97. The molecule has 0 saturated carbocycles. The minimum Gasteiger partial charge on any atom is -0.336 e. The third-order valence-electron chi connectivity index (χ3n) is 1.64. The van der Waals surface area contributed by atoms with Crippen molar-refractivity contribution in [3.05, 3.63) is 29.9 Å². The van der Waals surface area contributed by atoms with E-state index in [4.69, 9.17) is 11.6 Å². The van der Waals surface area contributed by atoms with Crippen LogP contribution >= 0.6 is 11.6 Å². The number of aromatic nitrogens is 4. The Morgan fingerprint density at radius 3 is 2.93 bits per heavy atom. The maximum atomic E-state index is 5.87. The fourth-order valence-electron chi connectivity index (χ4n) is 1.03. The van der Waals surface area contributed by atoms with Gasteiger partial charge in [0, 0.05) is 13.2 Å². The van der Waals surface area contributed by atoms with Gasteiger partial charge in [-0.2, -0.15) is 5.10 Å². The van der Waals surface area contributed by atoms with Gasteiger partial charge in [-0.25, -0.2) is 9.97 Å². The molecule has 2 aromatic heterocycles. The standard InChI is InChI=1S/C8H8ClN5/c1-14-4-6(2-12-14)13-8-7(9)3-10-5-11-8/h2-5H,1H3,(H,10,11,13). The van der Waals surface area contributed by atoms with Gasteiger partial charge in [-0.05, 0) is 0 Å². The summed E-state index contributed by atoms with van der Waals surface area (Å²) in [5.41, 5.74) is 0.841. The molecule has 0 aliphatic rings. The van der Waals surface area contributed by atoms with Gasteiger partial charge >= 0.3 is 0 Å². The summed E-state index contributed by atoms with van der Waals surface area (Å²) in [6.07, 6.45) is 6.49. The van der Waals surface area contributed by atoms with E-state index in [1.165, 1.54) is 12.5 Å². The zero-order valence-corrected chi connectivity index (χ0v) is 8.23. The minimum atomic E-state index is 0.483. The topological polar surface area (TPSA) is 55.6 Å². The largest absolute Gasteiger partial charge is 0.336 e. The van der Waals surface area contributed by atoms with E-state index in [1.54, 1.807) is 10.9 Å². The highest BCUT2D eigenvalue weighted by atomic mass is 35.5. The van der Waals surface area contributed by atoms with Gasteiger partial charge < -0.3 is 5.32 Å². The van der Waals surface area contributed by atoms with Crippen molar-refractivity contribution in [2.45, 2.75) is 0 Å². The summed E-state index contributed by atoms with van der Waals surface area (Å²) in [6.45, 7) is 0. The average Bonchev–Trinajstić information content (AvgIpc) is 2.56. The van der Waals surface area contributed by atoms with Crippen molar-refractivity contribution in [3.63, 3.8) is 0 Å². The van der Waals surface area contributed by atoms with Crippen LogP contribution in [0.4, 0.5) is 11.5 Å². The molecule has 72 valence electrons. The molecule has 0 saturated heterocycles. The maximum Gasteiger partial charge on any atom is 0.152 e. The predicted molar refractivity (Wildman–Crippen MR) is 53.5 cm³/mol. The van der Waals surface area contributed by atoms with Gasteiger partial charge in [0.1, 0.15) is 11.3 Å². The zero-order chi connectivity index (χ0) is 9.97. The molecular formula is C8H8ClN5. The third kappa shape index (κ3) is 1.82. The van der Waals surface area contributed by atoms with Crippen LogP contribution in [0.2, 0.25) is 5.02 Å². The predicted octanol–water partition coefficient (Wildman–Crippen LogP) is 1.61. The number of hydrogen-bond acceptors (Lipinski definition) is 4. The van der Waals surface area contributed by atoms with E-state index in [1.807, 2.05) is 13.2 Å².